The second kappa shape index (κ2) is 7.88. The first-order chi connectivity index (χ1) is 11.7. The fourth-order valence-corrected chi connectivity index (χ4v) is 2.83. The number of morpholine rings is 1. The Labute approximate surface area is 151 Å². The zero-order valence-electron chi connectivity index (χ0n) is 13.3. The minimum Gasteiger partial charge on any atom is -0.496 e. The molecule has 0 saturated carbocycles. The van der Waals surface area contributed by atoms with Gasteiger partial charge < -0.3 is 14.4 Å². The molecule has 0 bridgehead atoms. The van der Waals surface area contributed by atoms with Crippen LogP contribution in [0, 0.1) is 0 Å². The van der Waals surface area contributed by atoms with Gasteiger partial charge in [-0.15, -0.1) is 0 Å². The SMILES string of the molecule is COc1cc(N2CCOCC2)ccc1C=Nc1ccc(Cl)c(Cl)c1. The highest BCUT2D eigenvalue weighted by Gasteiger charge is 2.13. The van der Waals surface area contributed by atoms with E-state index in [1.165, 1.54) is 0 Å². The van der Waals surface area contributed by atoms with Crippen molar-refractivity contribution < 1.29 is 9.47 Å². The van der Waals surface area contributed by atoms with E-state index in [1.54, 1.807) is 25.5 Å². The minimum absolute atomic E-state index is 0.487. The number of benzene rings is 2. The van der Waals surface area contributed by atoms with E-state index in [2.05, 4.69) is 16.0 Å². The van der Waals surface area contributed by atoms with Gasteiger partial charge in [-0.1, -0.05) is 23.2 Å². The molecular weight excluding hydrogens is 347 g/mol. The first kappa shape index (κ1) is 17.1. The third-order valence-corrected chi connectivity index (χ3v) is 4.59. The molecule has 0 aliphatic carbocycles. The summed E-state index contributed by atoms with van der Waals surface area (Å²) in [6, 6.07) is 11.4. The molecular formula is C18H18Cl2N2O2. The highest BCUT2D eigenvalue weighted by Crippen LogP contribution is 2.28. The van der Waals surface area contributed by atoms with Crippen molar-refractivity contribution in [1.82, 2.24) is 0 Å². The highest BCUT2D eigenvalue weighted by atomic mass is 35.5. The van der Waals surface area contributed by atoms with Gasteiger partial charge in [0.15, 0.2) is 0 Å². The van der Waals surface area contributed by atoms with Crippen molar-refractivity contribution in [2.45, 2.75) is 0 Å². The van der Waals surface area contributed by atoms with E-state index >= 15 is 0 Å². The maximum Gasteiger partial charge on any atom is 0.129 e. The lowest BCUT2D eigenvalue weighted by atomic mass is 10.1. The molecule has 1 aliphatic heterocycles. The van der Waals surface area contributed by atoms with Crippen LogP contribution in [0.5, 0.6) is 5.75 Å². The molecule has 0 aromatic heterocycles. The first-order valence-electron chi connectivity index (χ1n) is 7.67. The summed E-state index contributed by atoms with van der Waals surface area (Å²) in [6.45, 7) is 3.28. The van der Waals surface area contributed by atoms with E-state index in [0.29, 0.717) is 10.0 Å². The molecule has 1 saturated heterocycles. The Morgan fingerprint density at radius 1 is 1.08 bits per heavy atom. The van der Waals surface area contributed by atoms with Crippen molar-refractivity contribution in [3.8, 4) is 5.75 Å². The van der Waals surface area contributed by atoms with E-state index in [1.807, 2.05) is 18.2 Å². The zero-order valence-corrected chi connectivity index (χ0v) is 14.8. The molecule has 6 heteroatoms. The predicted octanol–water partition coefficient (Wildman–Crippen LogP) is 4.59. The summed E-state index contributed by atoms with van der Waals surface area (Å²) >= 11 is 11.9. The lowest BCUT2D eigenvalue weighted by Crippen LogP contribution is -2.36. The van der Waals surface area contributed by atoms with E-state index in [4.69, 9.17) is 32.7 Å². The summed E-state index contributed by atoms with van der Waals surface area (Å²) in [5, 5.41) is 1.00. The van der Waals surface area contributed by atoms with E-state index in [0.717, 1.165) is 49.0 Å². The molecule has 0 unspecified atom stereocenters. The monoisotopic (exact) mass is 364 g/mol. The average Bonchev–Trinajstić information content (AvgIpc) is 2.63. The average molecular weight is 365 g/mol. The van der Waals surface area contributed by atoms with Crippen LogP contribution in [0.2, 0.25) is 10.0 Å². The van der Waals surface area contributed by atoms with E-state index < -0.39 is 0 Å². The number of ether oxygens (including phenoxy) is 2. The minimum atomic E-state index is 0.487. The molecule has 0 atom stereocenters. The topological polar surface area (TPSA) is 34.1 Å². The molecule has 1 fully saturated rings. The molecule has 24 heavy (non-hydrogen) atoms. The summed E-state index contributed by atoms with van der Waals surface area (Å²) in [6.07, 6.45) is 1.77. The molecule has 0 radical (unpaired) electrons. The predicted molar refractivity (Wildman–Crippen MR) is 99.7 cm³/mol. The highest BCUT2D eigenvalue weighted by molar-refractivity contribution is 6.42. The van der Waals surface area contributed by atoms with Gasteiger partial charge in [0.05, 0.1) is 36.1 Å². The van der Waals surface area contributed by atoms with Crippen LogP contribution >= 0.6 is 23.2 Å². The Balaban J connectivity index is 1.82. The molecule has 0 amide bonds. The molecule has 2 aromatic rings. The summed E-state index contributed by atoms with van der Waals surface area (Å²) in [5.74, 6) is 0.780. The fraction of sp³-hybridized carbons (Fsp3) is 0.278. The number of hydrogen-bond donors (Lipinski definition) is 0. The largest absolute Gasteiger partial charge is 0.496 e. The van der Waals surface area contributed by atoms with Crippen LogP contribution in [0.4, 0.5) is 11.4 Å². The van der Waals surface area contributed by atoms with Crippen LogP contribution in [0.1, 0.15) is 5.56 Å². The van der Waals surface area contributed by atoms with Crippen LogP contribution in [0.25, 0.3) is 0 Å². The molecule has 1 heterocycles. The molecule has 1 aliphatic rings. The summed E-state index contributed by atoms with van der Waals surface area (Å²) in [4.78, 5) is 6.73. The Morgan fingerprint density at radius 2 is 1.88 bits per heavy atom. The van der Waals surface area contributed by atoms with Crippen LogP contribution in [0.15, 0.2) is 41.4 Å². The Kier molecular flexibility index (Phi) is 5.61. The van der Waals surface area contributed by atoms with Gasteiger partial charge in [-0.25, -0.2) is 0 Å². The number of aliphatic imine (C=N–C) groups is 1. The third kappa shape index (κ3) is 4.01. The fourth-order valence-electron chi connectivity index (χ4n) is 2.53. The lowest BCUT2D eigenvalue weighted by Gasteiger charge is -2.29. The van der Waals surface area contributed by atoms with Crippen molar-refractivity contribution in [2.24, 2.45) is 4.99 Å². The van der Waals surface area contributed by atoms with Crippen molar-refractivity contribution in [3.05, 3.63) is 52.0 Å². The smallest absolute Gasteiger partial charge is 0.129 e. The molecule has 2 aromatic carbocycles. The quantitative estimate of drug-likeness (QED) is 0.744. The first-order valence-corrected chi connectivity index (χ1v) is 8.43. The number of anilines is 1. The summed E-state index contributed by atoms with van der Waals surface area (Å²) < 4.78 is 10.9. The van der Waals surface area contributed by atoms with Gasteiger partial charge >= 0.3 is 0 Å². The van der Waals surface area contributed by atoms with Gasteiger partial charge in [0.1, 0.15) is 5.75 Å². The number of halogens is 2. The number of hydrogen-bond acceptors (Lipinski definition) is 4. The number of methoxy groups -OCH3 is 1. The second-order valence-corrected chi connectivity index (χ2v) is 6.20. The van der Waals surface area contributed by atoms with Crippen molar-refractivity contribution >= 4 is 40.8 Å². The molecule has 0 spiro atoms. The van der Waals surface area contributed by atoms with Gasteiger partial charge in [-0.2, -0.15) is 0 Å². The Bertz CT molecular complexity index is 744. The summed E-state index contributed by atoms with van der Waals surface area (Å²) in [7, 11) is 1.66. The second-order valence-electron chi connectivity index (χ2n) is 5.38. The van der Waals surface area contributed by atoms with Crippen LogP contribution in [-0.2, 0) is 4.74 Å². The van der Waals surface area contributed by atoms with Crippen LogP contribution < -0.4 is 9.64 Å². The lowest BCUT2D eigenvalue weighted by molar-refractivity contribution is 0.122. The number of nitrogens with zero attached hydrogens (tertiary/aromatic N) is 2. The van der Waals surface area contributed by atoms with Crippen LogP contribution in [0.3, 0.4) is 0 Å². The molecule has 0 N–H and O–H groups in total. The maximum atomic E-state index is 6.01. The zero-order chi connectivity index (χ0) is 16.9. The van der Waals surface area contributed by atoms with E-state index in [-0.39, 0.29) is 0 Å². The Morgan fingerprint density at radius 3 is 2.58 bits per heavy atom. The molecule has 3 rings (SSSR count). The Hall–Kier alpha value is -1.75. The van der Waals surface area contributed by atoms with Gasteiger partial charge in [0, 0.05) is 36.6 Å². The van der Waals surface area contributed by atoms with Crippen molar-refractivity contribution in [1.29, 1.82) is 0 Å². The third-order valence-electron chi connectivity index (χ3n) is 3.85. The van der Waals surface area contributed by atoms with Crippen molar-refractivity contribution in [2.75, 3.05) is 38.3 Å². The summed E-state index contributed by atoms with van der Waals surface area (Å²) in [5.41, 5.74) is 2.77. The van der Waals surface area contributed by atoms with Crippen LogP contribution in [-0.4, -0.2) is 39.6 Å². The van der Waals surface area contributed by atoms with E-state index in [9.17, 15) is 0 Å². The van der Waals surface area contributed by atoms with Gasteiger partial charge in [0.25, 0.3) is 0 Å². The molecule has 4 nitrogen and oxygen atoms in total. The van der Waals surface area contributed by atoms with Gasteiger partial charge in [0.2, 0.25) is 0 Å². The van der Waals surface area contributed by atoms with Crippen molar-refractivity contribution in [3.63, 3.8) is 0 Å². The maximum absolute atomic E-state index is 6.01. The normalized spacial score (nSPS) is 15.0. The standard InChI is InChI=1S/C18H18Cl2N2O2/c1-23-18-11-15(22-6-8-24-9-7-22)4-2-13(18)12-21-14-3-5-16(19)17(20)10-14/h2-5,10-12H,6-9H2,1H3. The number of rotatable bonds is 4. The molecule has 126 valence electrons. The van der Waals surface area contributed by atoms with Gasteiger partial charge in [-0.3, -0.25) is 4.99 Å². The van der Waals surface area contributed by atoms with Gasteiger partial charge in [-0.05, 0) is 30.3 Å².